The van der Waals surface area contributed by atoms with Crippen molar-refractivity contribution in [2.24, 2.45) is 0 Å². The van der Waals surface area contributed by atoms with Gasteiger partial charge in [0.05, 0.1) is 19.3 Å². The standard InChI is InChI=1S/C26H24FN3O3S/c1-17-3-9-20(10-4-17)28-25(32)30-13-14-34-26(30)22-15-21(33-2)11-12-23(22)29(24(26)31)16-18-5-7-19(27)8-6-18/h3-12,15H,13-14,16H2,1-2H3,(H,28,32)/t26-/m0/s1. The Hall–Kier alpha value is -3.52. The Morgan fingerprint density at radius 1 is 1.12 bits per heavy atom. The number of carbonyl (C=O) groups excluding carboxylic acids is 2. The van der Waals surface area contributed by atoms with Gasteiger partial charge in [-0.3, -0.25) is 9.69 Å². The number of ether oxygens (including phenoxy) is 1. The molecule has 1 spiro atoms. The number of rotatable bonds is 4. The lowest BCUT2D eigenvalue weighted by Crippen LogP contribution is -2.51. The van der Waals surface area contributed by atoms with Crippen molar-refractivity contribution in [3.05, 3.63) is 89.2 Å². The van der Waals surface area contributed by atoms with Crippen LogP contribution in [0.15, 0.2) is 66.7 Å². The number of fused-ring (bicyclic) bond motifs is 2. The number of urea groups is 1. The molecule has 34 heavy (non-hydrogen) atoms. The van der Waals surface area contributed by atoms with Crippen LogP contribution in [-0.4, -0.2) is 36.2 Å². The molecule has 6 nitrogen and oxygen atoms in total. The van der Waals surface area contributed by atoms with E-state index in [4.69, 9.17) is 4.74 Å². The van der Waals surface area contributed by atoms with Crippen molar-refractivity contribution in [1.29, 1.82) is 0 Å². The van der Waals surface area contributed by atoms with Gasteiger partial charge in [0.2, 0.25) is 0 Å². The van der Waals surface area contributed by atoms with Crippen LogP contribution in [0.5, 0.6) is 5.75 Å². The number of carbonyl (C=O) groups is 2. The largest absolute Gasteiger partial charge is 0.497 e. The van der Waals surface area contributed by atoms with Crippen molar-refractivity contribution in [2.45, 2.75) is 18.3 Å². The van der Waals surface area contributed by atoms with Gasteiger partial charge >= 0.3 is 6.03 Å². The highest BCUT2D eigenvalue weighted by atomic mass is 32.2. The van der Waals surface area contributed by atoms with E-state index in [-0.39, 0.29) is 24.3 Å². The molecule has 0 saturated carbocycles. The van der Waals surface area contributed by atoms with Gasteiger partial charge in [0.15, 0.2) is 4.87 Å². The molecular formula is C26H24FN3O3S. The topological polar surface area (TPSA) is 61.9 Å². The van der Waals surface area contributed by atoms with E-state index in [1.807, 2.05) is 43.3 Å². The maximum absolute atomic E-state index is 14.0. The number of aryl methyl sites for hydroxylation is 1. The first-order valence-electron chi connectivity index (χ1n) is 11.0. The third-order valence-corrected chi connectivity index (χ3v) is 7.62. The second kappa shape index (κ2) is 8.68. The fourth-order valence-electron chi connectivity index (χ4n) is 4.48. The van der Waals surface area contributed by atoms with Gasteiger partial charge in [-0.05, 0) is 55.0 Å². The summed E-state index contributed by atoms with van der Waals surface area (Å²) >= 11 is 1.45. The van der Waals surface area contributed by atoms with Gasteiger partial charge in [-0.1, -0.05) is 29.8 Å². The first-order valence-corrected chi connectivity index (χ1v) is 11.9. The number of benzene rings is 3. The van der Waals surface area contributed by atoms with E-state index in [9.17, 15) is 14.0 Å². The van der Waals surface area contributed by atoms with Crippen molar-refractivity contribution in [3.63, 3.8) is 0 Å². The summed E-state index contributed by atoms with van der Waals surface area (Å²) in [4.78, 5) is 29.6. The van der Waals surface area contributed by atoms with Crippen LogP contribution < -0.4 is 15.0 Å². The van der Waals surface area contributed by atoms with Gasteiger partial charge in [-0.2, -0.15) is 0 Å². The fraction of sp³-hybridized carbons (Fsp3) is 0.231. The molecule has 2 aliphatic heterocycles. The molecular weight excluding hydrogens is 453 g/mol. The average Bonchev–Trinajstić information content (AvgIpc) is 3.39. The van der Waals surface area contributed by atoms with Gasteiger partial charge in [0.25, 0.3) is 5.91 Å². The van der Waals surface area contributed by atoms with Crippen LogP contribution >= 0.6 is 11.8 Å². The molecule has 3 amide bonds. The molecule has 2 heterocycles. The quantitative estimate of drug-likeness (QED) is 0.566. The zero-order valence-corrected chi connectivity index (χ0v) is 19.7. The summed E-state index contributed by atoms with van der Waals surface area (Å²) in [6.07, 6.45) is 0. The fourth-order valence-corrected chi connectivity index (χ4v) is 5.93. The summed E-state index contributed by atoms with van der Waals surface area (Å²) in [7, 11) is 1.57. The summed E-state index contributed by atoms with van der Waals surface area (Å²) in [5, 5.41) is 2.94. The molecule has 0 unspecified atom stereocenters. The highest BCUT2D eigenvalue weighted by molar-refractivity contribution is 8.01. The van der Waals surface area contributed by atoms with Crippen LogP contribution in [0.2, 0.25) is 0 Å². The minimum atomic E-state index is -1.20. The first kappa shape index (κ1) is 22.3. The summed E-state index contributed by atoms with van der Waals surface area (Å²) in [6, 6.07) is 18.8. The predicted octanol–water partition coefficient (Wildman–Crippen LogP) is 5.12. The molecule has 3 aromatic rings. The lowest BCUT2D eigenvalue weighted by molar-refractivity contribution is -0.123. The van der Waals surface area contributed by atoms with Crippen molar-refractivity contribution >= 4 is 35.1 Å². The molecule has 1 saturated heterocycles. The molecule has 5 rings (SSSR count). The first-order chi connectivity index (χ1) is 16.4. The van der Waals surface area contributed by atoms with Gasteiger partial charge in [-0.25, -0.2) is 9.18 Å². The molecule has 2 aliphatic rings. The Morgan fingerprint density at radius 3 is 2.56 bits per heavy atom. The molecule has 174 valence electrons. The summed E-state index contributed by atoms with van der Waals surface area (Å²) in [6.45, 7) is 2.68. The van der Waals surface area contributed by atoms with Crippen LogP contribution in [0.3, 0.4) is 0 Å². The number of hydrogen-bond donors (Lipinski definition) is 1. The van der Waals surface area contributed by atoms with E-state index in [0.717, 1.165) is 22.4 Å². The zero-order chi connectivity index (χ0) is 23.9. The number of nitrogens with zero attached hydrogens (tertiary/aromatic N) is 2. The molecule has 0 radical (unpaired) electrons. The summed E-state index contributed by atoms with van der Waals surface area (Å²) < 4.78 is 18.9. The molecule has 0 aliphatic carbocycles. The number of thioether (sulfide) groups is 1. The van der Waals surface area contributed by atoms with Gasteiger partial charge < -0.3 is 15.0 Å². The number of halogens is 1. The SMILES string of the molecule is COc1ccc2c(c1)[C@]1(SCCN1C(=O)Nc1ccc(C)cc1)C(=O)N2Cc1ccc(F)cc1. The third kappa shape index (κ3) is 3.68. The molecule has 0 aromatic heterocycles. The van der Waals surface area contributed by atoms with Crippen molar-refractivity contribution < 1.29 is 18.7 Å². The maximum Gasteiger partial charge on any atom is 0.323 e. The molecule has 1 fully saturated rings. The van der Waals surface area contributed by atoms with E-state index in [2.05, 4.69) is 5.32 Å². The third-order valence-electron chi connectivity index (χ3n) is 6.20. The molecule has 3 aromatic carbocycles. The Balaban J connectivity index is 1.53. The Morgan fingerprint density at radius 2 is 1.85 bits per heavy atom. The Bertz CT molecular complexity index is 1250. The van der Waals surface area contributed by atoms with Crippen LogP contribution in [0, 0.1) is 12.7 Å². The highest BCUT2D eigenvalue weighted by Crippen LogP contribution is 2.55. The molecule has 8 heteroatoms. The highest BCUT2D eigenvalue weighted by Gasteiger charge is 2.59. The van der Waals surface area contributed by atoms with E-state index in [1.165, 1.54) is 23.9 Å². The van der Waals surface area contributed by atoms with Crippen LogP contribution in [0.4, 0.5) is 20.6 Å². The lowest BCUT2D eigenvalue weighted by atomic mass is 10.1. The van der Waals surface area contributed by atoms with Gasteiger partial charge in [0, 0.05) is 23.5 Å². The van der Waals surface area contributed by atoms with Crippen LogP contribution in [0.1, 0.15) is 16.7 Å². The number of methoxy groups -OCH3 is 1. The second-order valence-electron chi connectivity index (χ2n) is 8.34. The minimum Gasteiger partial charge on any atom is -0.497 e. The Kier molecular flexibility index (Phi) is 5.69. The van der Waals surface area contributed by atoms with E-state index < -0.39 is 4.87 Å². The molecule has 0 bridgehead atoms. The number of anilines is 2. The smallest absolute Gasteiger partial charge is 0.323 e. The second-order valence-corrected chi connectivity index (χ2v) is 9.63. The van der Waals surface area contributed by atoms with Gasteiger partial charge in [-0.15, -0.1) is 11.8 Å². The van der Waals surface area contributed by atoms with Crippen molar-refractivity contribution in [1.82, 2.24) is 4.90 Å². The van der Waals surface area contributed by atoms with Crippen molar-refractivity contribution in [2.75, 3.05) is 29.6 Å². The normalized spacial score (nSPS) is 19.0. The monoisotopic (exact) mass is 477 g/mol. The van der Waals surface area contributed by atoms with Crippen LogP contribution in [-0.2, 0) is 16.2 Å². The number of nitrogens with one attached hydrogen (secondary N) is 1. The van der Waals surface area contributed by atoms with E-state index in [1.54, 1.807) is 35.1 Å². The molecule has 1 N–H and O–H groups in total. The van der Waals surface area contributed by atoms with Crippen LogP contribution in [0.25, 0.3) is 0 Å². The minimum absolute atomic E-state index is 0.193. The summed E-state index contributed by atoms with van der Waals surface area (Å²) in [5.41, 5.74) is 4.00. The van der Waals surface area contributed by atoms with Crippen molar-refractivity contribution in [3.8, 4) is 5.75 Å². The summed E-state index contributed by atoms with van der Waals surface area (Å²) in [5.74, 6) is 0.708. The Labute approximate surface area is 201 Å². The van der Waals surface area contributed by atoms with E-state index >= 15 is 0 Å². The molecule has 1 atom stereocenters. The predicted molar refractivity (Wildman–Crippen MR) is 132 cm³/mol. The number of amides is 3. The number of hydrogen-bond acceptors (Lipinski definition) is 4. The van der Waals surface area contributed by atoms with Gasteiger partial charge in [0.1, 0.15) is 11.6 Å². The maximum atomic E-state index is 14.0. The zero-order valence-electron chi connectivity index (χ0n) is 18.9. The lowest BCUT2D eigenvalue weighted by Gasteiger charge is -2.33. The van der Waals surface area contributed by atoms with E-state index in [0.29, 0.717) is 23.7 Å². The average molecular weight is 478 g/mol.